The van der Waals surface area contributed by atoms with Gasteiger partial charge in [0.2, 0.25) is 5.91 Å². The van der Waals surface area contributed by atoms with Gasteiger partial charge in [-0.1, -0.05) is 23.7 Å². The van der Waals surface area contributed by atoms with Gasteiger partial charge in [-0.05, 0) is 50.3 Å². The Morgan fingerprint density at radius 3 is 2.59 bits per heavy atom. The maximum absolute atomic E-state index is 13.0. The van der Waals surface area contributed by atoms with E-state index in [9.17, 15) is 14.7 Å². The second-order valence-electron chi connectivity index (χ2n) is 6.79. The summed E-state index contributed by atoms with van der Waals surface area (Å²) in [4.78, 5) is 26.2. The quantitative estimate of drug-likeness (QED) is 0.930. The van der Waals surface area contributed by atoms with E-state index < -0.39 is 16.8 Å². The standard InChI is InChI=1S/C17H20ClNO3/c1-16(15(21)22)6-3-9-19(11-16)14(20)17(7-8-17)12-4-2-5-13(18)10-12/h2,4-5,10H,3,6-9,11H2,1H3,(H,21,22). The lowest BCUT2D eigenvalue weighted by Crippen LogP contribution is -2.51. The number of nitrogens with zero attached hydrogens (tertiary/aromatic N) is 1. The molecule has 1 atom stereocenters. The van der Waals surface area contributed by atoms with Crippen molar-refractivity contribution in [3.8, 4) is 0 Å². The lowest BCUT2D eigenvalue weighted by Gasteiger charge is -2.39. The summed E-state index contributed by atoms with van der Waals surface area (Å²) in [7, 11) is 0. The molecule has 2 aliphatic rings. The molecule has 1 heterocycles. The number of hydrogen-bond acceptors (Lipinski definition) is 2. The number of amides is 1. The predicted octanol–water partition coefficient (Wildman–Crippen LogP) is 3.08. The summed E-state index contributed by atoms with van der Waals surface area (Å²) in [6.45, 7) is 2.67. The van der Waals surface area contributed by atoms with E-state index in [4.69, 9.17) is 11.6 Å². The van der Waals surface area contributed by atoms with Crippen LogP contribution in [0.5, 0.6) is 0 Å². The smallest absolute Gasteiger partial charge is 0.311 e. The minimum Gasteiger partial charge on any atom is -0.481 e. The summed E-state index contributed by atoms with van der Waals surface area (Å²) in [5.74, 6) is -0.764. The monoisotopic (exact) mass is 321 g/mol. The first-order valence-electron chi connectivity index (χ1n) is 7.66. The molecule has 1 N–H and O–H groups in total. The van der Waals surface area contributed by atoms with Crippen molar-refractivity contribution in [2.45, 2.75) is 38.0 Å². The molecule has 0 spiro atoms. The van der Waals surface area contributed by atoms with Crippen molar-refractivity contribution >= 4 is 23.5 Å². The minimum absolute atomic E-state index is 0.0574. The summed E-state index contributed by atoms with van der Waals surface area (Å²) in [6, 6.07) is 7.46. The van der Waals surface area contributed by atoms with E-state index in [-0.39, 0.29) is 5.91 Å². The lowest BCUT2D eigenvalue weighted by atomic mass is 9.81. The highest BCUT2D eigenvalue weighted by molar-refractivity contribution is 6.30. The Hall–Kier alpha value is -1.55. The van der Waals surface area contributed by atoms with Crippen molar-refractivity contribution in [3.05, 3.63) is 34.9 Å². The number of hydrogen-bond donors (Lipinski definition) is 1. The van der Waals surface area contributed by atoms with Gasteiger partial charge in [-0.3, -0.25) is 9.59 Å². The van der Waals surface area contributed by atoms with Crippen LogP contribution in [0.15, 0.2) is 24.3 Å². The predicted molar refractivity (Wildman–Crippen MR) is 83.9 cm³/mol. The maximum Gasteiger partial charge on any atom is 0.311 e. The van der Waals surface area contributed by atoms with Gasteiger partial charge in [0.25, 0.3) is 0 Å². The second-order valence-corrected chi connectivity index (χ2v) is 7.22. The molecular formula is C17H20ClNO3. The number of rotatable bonds is 3. The van der Waals surface area contributed by atoms with Crippen molar-refractivity contribution in [2.75, 3.05) is 13.1 Å². The molecule has 1 unspecified atom stereocenters. The molecule has 3 rings (SSSR count). The third-order valence-electron chi connectivity index (χ3n) is 5.04. The molecule has 0 aromatic heterocycles. The summed E-state index contributed by atoms with van der Waals surface area (Å²) in [6.07, 6.45) is 2.98. The van der Waals surface area contributed by atoms with Gasteiger partial charge in [0.15, 0.2) is 0 Å². The zero-order valence-corrected chi connectivity index (χ0v) is 13.4. The van der Waals surface area contributed by atoms with E-state index in [0.717, 1.165) is 24.8 Å². The number of carbonyl (C=O) groups excluding carboxylic acids is 1. The Balaban J connectivity index is 1.83. The van der Waals surface area contributed by atoms with Crippen LogP contribution in [-0.4, -0.2) is 35.0 Å². The van der Waals surface area contributed by atoms with Gasteiger partial charge in [-0.25, -0.2) is 0 Å². The van der Waals surface area contributed by atoms with E-state index in [2.05, 4.69) is 0 Å². The molecule has 118 valence electrons. The van der Waals surface area contributed by atoms with E-state index in [1.165, 1.54) is 0 Å². The minimum atomic E-state index is -0.835. The van der Waals surface area contributed by atoms with Crippen molar-refractivity contribution in [3.63, 3.8) is 0 Å². The molecule has 4 nitrogen and oxygen atoms in total. The van der Waals surface area contributed by atoms with E-state index in [1.807, 2.05) is 18.2 Å². The van der Waals surface area contributed by atoms with Crippen molar-refractivity contribution in [1.29, 1.82) is 0 Å². The van der Waals surface area contributed by atoms with Crippen molar-refractivity contribution in [2.24, 2.45) is 5.41 Å². The van der Waals surface area contributed by atoms with Gasteiger partial charge in [-0.2, -0.15) is 0 Å². The fourth-order valence-corrected chi connectivity index (χ4v) is 3.62. The topological polar surface area (TPSA) is 57.6 Å². The van der Waals surface area contributed by atoms with Crippen LogP contribution in [-0.2, 0) is 15.0 Å². The fraction of sp³-hybridized carbons (Fsp3) is 0.529. The van der Waals surface area contributed by atoms with E-state index in [1.54, 1.807) is 17.9 Å². The Kier molecular flexibility index (Phi) is 3.68. The lowest BCUT2D eigenvalue weighted by molar-refractivity contribution is -0.154. The number of aliphatic carboxylic acids is 1. The molecule has 0 bridgehead atoms. The second kappa shape index (κ2) is 5.27. The Morgan fingerprint density at radius 2 is 2.00 bits per heavy atom. The average molecular weight is 322 g/mol. The van der Waals surface area contributed by atoms with Gasteiger partial charge < -0.3 is 10.0 Å². The summed E-state index contributed by atoms with van der Waals surface area (Å²) in [5.41, 5.74) is -0.368. The molecule has 2 fully saturated rings. The Labute approximate surface area is 135 Å². The summed E-state index contributed by atoms with van der Waals surface area (Å²) >= 11 is 6.05. The Bertz CT molecular complexity index is 626. The highest BCUT2D eigenvalue weighted by Gasteiger charge is 2.54. The van der Waals surface area contributed by atoms with Crippen LogP contribution in [0, 0.1) is 5.41 Å². The molecule has 5 heteroatoms. The zero-order chi connectivity index (χ0) is 16.0. The van der Waals surface area contributed by atoms with Gasteiger partial charge in [0.1, 0.15) is 0 Å². The molecule has 1 amide bonds. The number of likely N-dealkylation sites (tertiary alicyclic amines) is 1. The van der Waals surface area contributed by atoms with Crippen LogP contribution < -0.4 is 0 Å². The Morgan fingerprint density at radius 1 is 1.27 bits per heavy atom. The van der Waals surface area contributed by atoms with Crippen molar-refractivity contribution < 1.29 is 14.7 Å². The molecule has 1 aliphatic carbocycles. The number of piperidine rings is 1. The van der Waals surface area contributed by atoms with Crippen LogP contribution >= 0.6 is 11.6 Å². The van der Waals surface area contributed by atoms with Crippen molar-refractivity contribution in [1.82, 2.24) is 4.90 Å². The molecule has 1 saturated carbocycles. The first-order chi connectivity index (χ1) is 10.4. The molecule has 1 aromatic rings. The zero-order valence-electron chi connectivity index (χ0n) is 12.6. The number of carboxylic acid groups (broad SMARTS) is 1. The van der Waals surface area contributed by atoms with Gasteiger partial charge in [-0.15, -0.1) is 0 Å². The third kappa shape index (κ3) is 2.50. The number of halogens is 1. The SMILES string of the molecule is CC1(C(=O)O)CCCN(C(=O)C2(c3cccc(Cl)c3)CC2)C1. The fourth-order valence-electron chi connectivity index (χ4n) is 3.43. The van der Waals surface area contributed by atoms with E-state index >= 15 is 0 Å². The number of benzene rings is 1. The first kappa shape index (κ1) is 15.3. The van der Waals surface area contributed by atoms with Crippen LogP contribution in [0.2, 0.25) is 5.02 Å². The van der Waals surface area contributed by atoms with Crippen LogP contribution in [0.1, 0.15) is 38.2 Å². The normalized spacial score (nSPS) is 26.5. The van der Waals surface area contributed by atoms with Crippen LogP contribution in [0.4, 0.5) is 0 Å². The maximum atomic E-state index is 13.0. The molecule has 1 aromatic carbocycles. The van der Waals surface area contributed by atoms with Crippen LogP contribution in [0.25, 0.3) is 0 Å². The highest BCUT2D eigenvalue weighted by atomic mass is 35.5. The number of carbonyl (C=O) groups is 2. The largest absolute Gasteiger partial charge is 0.481 e. The molecular weight excluding hydrogens is 302 g/mol. The molecule has 0 radical (unpaired) electrons. The first-order valence-corrected chi connectivity index (χ1v) is 8.04. The van der Waals surface area contributed by atoms with Gasteiger partial charge in [0.05, 0.1) is 10.8 Å². The van der Waals surface area contributed by atoms with Gasteiger partial charge in [0, 0.05) is 18.1 Å². The van der Waals surface area contributed by atoms with E-state index in [0.29, 0.717) is 24.5 Å². The third-order valence-corrected chi connectivity index (χ3v) is 5.27. The highest BCUT2D eigenvalue weighted by Crippen LogP contribution is 2.50. The van der Waals surface area contributed by atoms with Gasteiger partial charge >= 0.3 is 5.97 Å². The summed E-state index contributed by atoms with van der Waals surface area (Å²) < 4.78 is 0. The molecule has 1 saturated heterocycles. The molecule has 1 aliphatic heterocycles. The van der Waals surface area contributed by atoms with Crippen LogP contribution in [0.3, 0.4) is 0 Å². The number of carboxylic acids is 1. The molecule has 22 heavy (non-hydrogen) atoms. The average Bonchev–Trinajstić information content (AvgIpc) is 3.28. The summed E-state index contributed by atoms with van der Waals surface area (Å²) in [5, 5.41) is 10.0.